The number of unbranched alkanes of at least 4 members (excludes halogenated alkanes) is 2. The Morgan fingerprint density at radius 2 is 1.74 bits per heavy atom. The van der Waals surface area contributed by atoms with Crippen LogP contribution in [-0.4, -0.2) is 25.5 Å². The highest BCUT2D eigenvalue weighted by atomic mass is 19.4. The van der Waals surface area contributed by atoms with Gasteiger partial charge in [-0.25, -0.2) is 9.59 Å². The fraction of sp³-hybridized carbons (Fsp3) is 0.400. The lowest BCUT2D eigenvalue weighted by atomic mass is 9.96. The van der Waals surface area contributed by atoms with Crippen LogP contribution in [0.15, 0.2) is 63.8 Å². The highest BCUT2D eigenvalue weighted by molar-refractivity contribution is 5.87. The number of esters is 1. The first-order valence-corrected chi connectivity index (χ1v) is 12.7. The number of carbonyl (C=O) groups is 1. The third-order valence-electron chi connectivity index (χ3n) is 5.91. The number of aryl methyl sites for hydroxylation is 1. The van der Waals surface area contributed by atoms with E-state index in [1.54, 1.807) is 25.1 Å². The number of alkyl halides is 3. The van der Waals surface area contributed by atoms with Crippen LogP contribution in [0.5, 0.6) is 11.5 Å². The molecule has 1 heterocycles. The molecule has 3 aromatic rings. The largest absolute Gasteiger partial charge is 0.573 e. The van der Waals surface area contributed by atoms with Gasteiger partial charge in [0.25, 0.3) is 0 Å². The molecule has 0 saturated heterocycles. The van der Waals surface area contributed by atoms with Crippen molar-refractivity contribution in [1.82, 2.24) is 0 Å². The summed E-state index contributed by atoms with van der Waals surface area (Å²) < 4.78 is 60.4. The molecule has 0 unspecified atom stereocenters. The Hall–Kier alpha value is -3.75. The lowest BCUT2D eigenvalue weighted by Crippen LogP contribution is -2.28. The van der Waals surface area contributed by atoms with E-state index in [1.807, 2.05) is 20.8 Å². The van der Waals surface area contributed by atoms with E-state index in [9.17, 15) is 22.8 Å². The molecule has 0 radical (unpaired) electrons. The minimum absolute atomic E-state index is 0.00593. The predicted octanol–water partition coefficient (Wildman–Crippen LogP) is 7.62. The van der Waals surface area contributed by atoms with Crippen molar-refractivity contribution >= 4 is 16.9 Å². The summed E-state index contributed by atoms with van der Waals surface area (Å²) in [4.78, 5) is 24.5. The van der Waals surface area contributed by atoms with Crippen LogP contribution in [0.4, 0.5) is 13.2 Å². The van der Waals surface area contributed by atoms with Gasteiger partial charge in [-0.05, 0) is 49.6 Å². The molecular formula is C30H33F3O6. The minimum Gasteiger partial charge on any atom is -0.493 e. The molecule has 0 fully saturated rings. The zero-order chi connectivity index (χ0) is 28.8. The summed E-state index contributed by atoms with van der Waals surface area (Å²) >= 11 is 0. The number of carbonyl (C=O) groups excluding carboxylic acids is 1. The first-order valence-electron chi connectivity index (χ1n) is 12.7. The van der Waals surface area contributed by atoms with Gasteiger partial charge in [-0.3, -0.25) is 0 Å². The van der Waals surface area contributed by atoms with E-state index in [-0.39, 0.29) is 29.9 Å². The Morgan fingerprint density at radius 3 is 2.41 bits per heavy atom. The van der Waals surface area contributed by atoms with Gasteiger partial charge in [0, 0.05) is 28.0 Å². The molecule has 0 bridgehead atoms. The van der Waals surface area contributed by atoms with Crippen LogP contribution in [0.25, 0.3) is 22.1 Å². The molecular weight excluding hydrogens is 513 g/mol. The van der Waals surface area contributed by atoms with Gasteiger partial charge >= 0.3 is 18.0 Å². The molecule has 210 valence electrons. The molecule has 0 amide bonds. The van der Waals surface area contributed by atoms with E-state index in [0.29, 0.717) is 28.7 Å². The van der Waals surface area contributed by atoms with Gasteiger partial charge in [0.15, 0.2) is 0 Å². The maximum absolute atomic E-state index is 13.2. The van der Waals surface area contributed by atoms with Gasteiger partial charge in [0.2, 0.25) is 0 Å². The molecule has 2 aromatic carbocycles. The zero-order valence-corrected chi connectivity index (χ0v) is 22.6. The van der Waals surface area contributed by atoms with Crippen LogP contribution in [0, 0.1) is 5.41 Å². The third-order valence-corrected chi connectivity index (χ3v) is 5.91. The second-order valence-corrected chi connectivity index (χ2v) is 10.3. The molecule has 1 aromatic heterocycles. The summed E-state index contributed by atoms with van der Waals surface area (Å²) in [6.07, 6.45) is -1.55. The number of rotatable bonds is 12. The molecule has 0 aliphatic heterocycles. The highest BCUT2D eigenvalue weighted by Crippen LogP contribution is 2.35. The third kappa shape index (κ3) is 8.63. The summed E-state index contributed by atoms with van der Waals surface area (Å²) in [5.41, 5.74) is -0.168. The molecule has 0 atom stereocenters. The van der Waals surface area contributed by atoms with Gasteiger partial charge in [-0.1, -0.05) is 52.3 Å². The van der Waals surface area contributed by atoms with Crippen LogP contribution in [0.1, 0.15) is 52.5 Å². The number of ether oxygens (including phenoxy) is 3. The molecule has 0 spiro atoms. The Labute approximate surface area is 225 Å². The number of hydrogen-bond acceptors (Lipinski definition) is 6. The smallest absolute Gasteiger partial charge is 0.493 e. The van der Waals surface area contributed by atoms with E-state index in [2.05, 4.69) is 11.3 Å². The van der Waals surface area contributed by atoms with Crippen molar-refractivity contribution in [1.29, 1.82) is 0 Å². The van der Waals surface area contributed by atoms with Crippen LogP contribution in [0.2, 0.25) is 0 Å². The molecule has 39 heavy (non-hydrogen) atoms. The van der Waals surface area contributed by atoms with Crippen LogP contribution < -0.4 is 15.1 Å². The molecule has 3 rings (SSSR count). The van der Waals surface area contributed by atoms with E-state index in [0.717, 1.165) is 19.3 Å². The Morgan fingerprint density at radius 1 is 1.00 bits per heavy atom. The van der Waals surface area contributed by atoms with Crippen LogP contribution in [0.3, 0.4) is 0 Å². The standard InChI is InChI=1S/C30H33F3O6/c1-6-7-8-9-20-10-13-23(26(14-20)39-30(31,32)33)24-15-21-11-12-22(16-25(21)38-28(24)35)36-17-29(4,5)18-37-27(34)19(2)3/h10-16H,2,6-9,17-18H2,1,3-5H3. The average Bonchev–Trinajstić information content (AvgIpc) is 2.85. The molecule has 0 saturated carbocycles. The van der Waals surface area contributed by atoms with E-state index in [1.165, 1.54) is 24.3 Å². The topological polar surface area (TPSA) is 75.0 Å². The zero-order valence-electron chi connectivity index (χ0n) is 22.6. The fourth-order valence-electron chi connectivity index (χ4n) is 3.81. The van der Waals surface area contributed by atoms with Gasteiger partial charge in [0.1, 0.15) is 17.1 Å². The van der Waals surface area contributed by atoms with Crippen LogP contribution >= 0.6 is 0 Å². The van der Waals surface area contributed by atoms with Crippen LogP contribution in [-0.2, 0) is 16.0 Å². The summed E-state index contributed by atoms with van der Waals surface area (Å²) in [6.45, 7) is 11.2. The summed E-state index contributed by atoms with van der Waals surface area (Å²) in [5, 5.41) is 0.497. The van der Waals surface area contributed by atoms with Crippen molar-refractivity contribution in [3.63, 3.8) is 0 Å². The van der Waals surface area contributed by atoms with Crippen molar-refractivity contribution in [3.05, 3.63) is 70.6 Å². The number of benzene rings is 2. The van der Waals surface area contributed by atoms with Crippen molar-refractivity contribution in [2.24, 2.45) is 5.41 Å². The molecule has 0 aliphatic carbocycles. The van der Waals surface area contributed by atoms with Gasteiger partial charge in [-0.15, -0.1) is 13.2 Å². The summed E-state index contributed by atoms with van der Waals surface area (Å²) in [7, 11) is 0. The van der Waals surface area contributed by atoms with E-state index < -0.39 is 29.1 Å². The molecule has 6 nitrogen and oxygen atoms in total. The molecule has 0 aliphatic rings. The fourth-order valence-corrected chi connectivity index (χ4v) is 3.81. The van der Waals surface area contributed by atoms with Crippen molar-refractivity contribution < 1.29 is 36.6 Å². The van der Waals surface area contributed by atoms with Crippen molar-refractivity contribution in [3.8, 4) is 22.6 Å². The number of fused-ring (bicyclic) bond motifs is 1. The number of halogens is 3. The predicted molar refractivity (Wildman–Crippen MR) is 143 cm³/mol. The van der Waals surface area contributed by atoms with Crippen molar-refractivity contribution in [2.45, 2.75) is 59.7 Å². The summed E-state index contributed by atoms with van der Waals surface area (Å²) in [6, 6.07) is 10.8. The minimum atomic E-state index is -4.92. The Bertz CT molecular complexity index is 1390. The highest BCUT2D eigenvalue weighted by Gasteiger charge is 2.33. The van der Waals surface area contributed by atoms with Gasteiger partial charge < -0.3 is 18.6 Å². The lowest BCUT2D eigenvalue weighted by molar-refractivity contribution is -0.274. The van der Waals surface area contributed by atoms with Crippen molar-refractivity contribution in [2.75, 3.05) is 13.2 Å². The first kappa shape index (κ1) is 29.8. The van der Waals surface area contributed by atoms with E-state index >= 15 is 0 Å². The summed E-state index contributed by atoms with van der Waals surface area (Å²) in [5.74, 6) is -0.519. The second-order valence-electron chi connectivity index (χ2n) is 10.3. The second kappa shape index (κ2) is 12.4. The lowest BCUT2D eigenvalue weighted by Gasteiger charge is -2.24. The van der Waals surface area contributed by atoms with Gasteiger partial charge in [0.05, 0.1) is 18.8 Å². The van der Waals surface area contributed by atoms with Gasteiger partial charge in [-0.2, -0.15) is 0 Å². The Balaban J connectivity index is 1.85. The normalized spacial score (nSPS) is 11.9. The maximum atomic E-state index is 13.2. The average molecular weight is 547 g/mol. The maximum Gasteiger partial charge on any atom is 0.573 e. The molecule has 0 N–H and O–H groups in total. The quantitative estimate of drug-likeness (QED) is 0.101. The first-order chi connectivity index (χ1) is 18.3. The van der Waals surface area contributed by atoms with E-state index in [4.69, 9.17) is 13.9 Å². The Kier molecular flexibility index (Phi) is 9.48. The number of hydrogen-bond donors (Lipinski definition) is 0. The molecule has 9 heteroatoms. The SMILES string of the molecule is C=C(C)C(=O)OCC(C)(C)COc1ccc2cc(-c3ccc(CCCCC)cc3OC(F)(F)F)c(=O)oc2c1. The monoisotopic (exact) mass is 546 g/mol.